The van der Waals surface area contributed by atoms with Crippen LogP contribution in [0.4, 0.5) is 0 Å². The van der Waals surface area contributed by atoms with Crippen molar-refractivity contribution in [2.24, 2.45) is 0 Å². The van der Waals surface area contributed by atoms with Crippen molar-refractivity contribution < 1.29 is 9.47 Å². The number of nitrogens with zero attached hydrogens (tertiary/aromatic N) is 4. The van der Waals surface area contributed by atoms with Crippen LogP contribution < -0.4 is 4.74 Å². The minimum Gasteiger partial charge on any atom is -0.438 e. The van der Waals surface area contributed by atoms with Gasteiger partial charge in [0.15, 0.2) is 0 Å². The minimum atomic E-state index is 0.576. The SMILES string of the molecule is N#Cc1cccc(Oc2nc(CN3CCOCC3)nc3sc4c(c23)CCC4)c1. The van der Waals surface area contributed by atoms with Crippen LogP contribution in [0.25, 0.3) is 10.2 Å². The number of nitriles is 1. The van der Waals surface area contributed by atoms with Crippen molar-refractivity contribution in [3.63, 3.8) is 0 Å². The zero-order valence-corrected chi connectivity index (χ0v) is 16.3. The number of hydrogen-bond acceptors (Lipinski definition) is 7. The number of ether oxygens (including phenoxy) is 2. The van der Waals surface area contributed by atoms with Crippen LogP contribution in [-0.2, 0) is 24.1 Å². The molecule has 2 aliphatic rings. The first-order valence-electron chi connectivity index (χ1n) is 9.59. The Kier molecular flexibility index (Phi) is 4.69. The fourth-order valence-electron chi connectivity index (χ4n) is 3.85. The van der Waals surface area contributed by atoms with Crippen LogP contribution >= 0.6 is 11.3 Å². The van der Waals surface area contributed by atoms with Crippen LogP contribution in [0.2, 0.25) is 0 Å². The molecule has 142 valence electrons. The van der Waals surface area contributed by atoms with Crippen molar-refractivity contribution in [2.45, 2.75) is 25.8 Å². The highest BCUT2D eigenvalue weighted by Crippen LogP contribution is 2.41. The Balaban J connectivity index is 1.55. The van der Waals surface area contributed by atoms with Crippen LogP contribution in [0.3, 0.4) is 0 Å². The third kappa shape index (κ3) is 3.35. The summed E-state index contributed by atoms with van der Waals surface area (Å²) >= 11 is 1.77. The molecule has 0 bridgehead atoms. The fourth-order valence-corrected chi connectivity index (χ4v) is 5.12. The van der Waals surface area contributed by atoms with Gasteiger partial charge in [0.1, 0.15) is 16.4 Å². The van der Waals surface area contributed by atoms with Gasteiger partial charge in [-0.1, -0.05) is 6.07 Å². The van der Waals surface area contributed by atoms with Gasteiger partial charge in [0.2, 0.25) is 5.88 Å². The van der Waals surface area contributed by atoms with Gasteiger partial charge in [-0.15, -0.1) is 11.3 Å². The van der Waals surface area contributed by atoms with Crippen molar-refractivity contribution in [1.29, 1.82) is 5.26 Å². The Hall–Kier alpha value is -2.53. The van der Waals surface area contributed by atoms with Crippen LogP contribution in [-0.4, -0.2) is 41.2 Å². The summed E-state index contributed by atoms with van der Waals surface area (Å²) in [4.78, 5) is 14.4. The normalized spacial score (nSPS) is 16.8. The lowest BCUT2D eigenvalue weighted by Gasteiger charge is -2.25. The third-order valence-electron chi connectivity index (χ3n) is 5.22. The predicted octanol–water partition coefficient (Wildman–Crippen LogP) is 3.68. The number of fused-ring (bicyclic) bond motifs is 3. The quantitative estimate of drug-likeness (QED) is 0.675. The standard InChI is InChI=1S/C21H20N4O2S/c22-12-14-3-1-4-15(11-14)27-20-19-16-5-2-6-17(16)28-21(19)24-18(23-20)13-25-7-9-26-10-8-25/h1,3-4,11H,2,5-10,13H2. The molecule has 0 N–H and O–H groups in total. The maximum Gasteiger partial charge on any atom is 0.231 e. The number of benzene rings is 1. The molecule has 0 saturated carbocycles. The lowest BCUT2D eigenvalue weighted by atomic mass is 10.2. The molecule has 7 heteroatoms. The summed E-state index contributed by atoms with van der Waals surface area (Å²) in [5, 5.41) is 10.2. The maximum absolute atomic E-state index is 9.17. The van der Waals surface area contributed by atoms with Crippen molar-refractivity contribution in [2.75, 3.05) is 26.3 Å². The van der Waals surface area contributed by atoms with Gasteiger partial charge < -0.3 is 9.47 Å². The molecular weight excluding hydrogens is 372 g/mol. The number of rotatable bonds is 4. The van der Waals surface area contributed by atoms with Gasteiger partial charge >= 0.3 is 0 Å². The van der Waals surface area contributed by atoms with Gasteiger partial charge in [0.05, 0.1) is 36.8 Å². The molecule has 1 aliphatic heterocycles. The topological polar surface area (TPSA) is 71.3 Å². The molecule has 1 fully saturated rings. The molecule has 0 spiro atoms. The molecule has 2 aromatic heterocycles. The zero-order valence-electron chi connectivity index (χ0n) is 15.5. The number of aromatic nitrogens is 2. The van der Waals surface area contributed by atoms with Crippen molar-refractivity contribution in [1.82, 2.24) is 14.9 Å². The molecule has 1 aliphatic carbocycles. The molecule has 3 aromatic rings. The van der Waals surface area contributed by atoms with E-state index in [1.165, 1.54) is 16.9 Å². The van der Waals surface area contributed by atoms with Gasteiger partial charge in [0.25, 0.3) is 0 Å². The Morgan fingerprint density at radius 3 is 2.96 bits per heavy atom. The first-order chi connectivity index (χ1) is 13.8. The molecule has 1 saturated heterocycles. The number of thiophene rings is 1. The second kappa shape index (κ2) is 7.47. The Morgan fingerprint density at radius 1 is 1.21 bits per heavy atom. The molecule has 5 rings (SSSR count). The maximum atomic E-state index is 9.17. The van der Waals surface area contributed by atoms with Crippen LogP contribution in [0.5, 0.6) is 11.6 Å². The number of aryl methyl sites for hydroxylation is 2. The first-order valence-corrected chi connectivity index (χ1v) is 10.4. The zero-order chi connectivity index (χ0) is 18.9. The second-order valence-corrected chi connectivity index (χ2v) is 8.20. The van der Waals surface area contributed by atoms with E-state index in [4.69, 9.17) is 19.4 Å². The Labute approximate surface area is 167 Å². The fraction of sp³-hybridized carbons (Fsp3) is 0.381. The van der Waals surface area contributed by atoms with E-state index in [0.29, 0.717) is 23.7 Å². The van der Waals surface area contributed by atoms with E-state index in [1.54, 1.807) is 23.5 Å². The van der Waals surface area contributed by atoms with E-state index < -0.39 is 0 Å². The van der Waals surface area contributed by atoms with Gasteiger partial charge in [0, 0.05) is 18.0 Å². The highest BCUT2D eigenvalue weighted by molar-refractivity contribution is 7.19. The average molecular weight is 392 g/mol. The Morgan fingerprint density at radius 2 is 2.11 bits per heavy atom. The summed E-state index contributed by atoms with van der Waals surface area (Å²) in [6.45, 7) is 3.97. The van der Waals surface area contributed by atoms with E-state index >= 15 is 0 Å². The molecule has 6 nitrogen and oxygen atoms in total. The summed E-state index contributed by atoms with van der Waals surface area (Å²) in [7, 11) is 0. The van der Waals surface area contributed by atoms with E-state index in [2.05, 4.69) is 11.0 Å². The summed E-state index contributed by atoms with van der Waals surface area (Å²) in [5.74, 6) is 2.03. The molecule has 0 unspecified atom stereocenters. The number of morpholine rings is 1. The molecule has 1 aromatic carbocycles. The molecule has 28 heavy (non-hydrogen) atoms. The second-order valence-electron chi connectivity index (χ2n) is 7.11. The highest BCUT2D eigenvalue weighted by Gasteiger charge is 2.24. The monoisotopic (exact) mass is 392 g/mol. The van der Waals surface area contributed by atoms with Crippen LogP contribution in [0.1, 0.15) is 28.2 Å². The van der Waals surface area contributed by atoms with Crippen molar-refractivity contribution in [3.05, 3.63) is 46.1 Å². The molecule has 0 atom stereocenters. The summed E-state index contributed by atoms with van der Waals surface area (Å²) < 4.78 is 11.7. The largest absolute Gasteiger partial charge is 0.438 e. The van der Waals surface area contributed by atoms with E-state index in [0.717, 1.165) is 55.2 Å². The Bertz CT molecular complexity index is 1070. The third-order valence-corrected chi connectivity index (χ3v) is 6.41. The van der Waals surface area contributed by atoms with Crippen LogP contribution in [0.15, 0.2) is 24.3 Å². The van der Waals surface area contributed by atoms with E-state index in [1.807, 2.05) is 12.1 Å². The summed E-state index contributed by atoms with van der Waals surface area (Å²) in [5.41, 5.74) is 1.91. The number of hydrogen-bond donors (Lipinski definition) is 0. The molecular formula is C21H20N4O2S. The smallest absolute Gasteiger partial charge is 0.231 e. The molecule has 3 heterocycles. The van der Waals surface area contributed by atoms with Crippen LogP contribution in [0, 0.1) is 11.3 Å². The van der Waals surface area contributed by atoms with Gasteiger partial charge in [-0.2, -0.15) is 10.2 Å². The van der Waals surface area contributed by atoms with Gasteiger partial charge in [-0.25, -0.2) is 4.98 Å². The van der Waals surface area contributed by atoms with E-state index in [-0.39, 0.29) is 0 Å². The molecule has 0 amide bonds. The average Bonchev–Trinajstić information content (AvgIpc) is 3.30. The van der Waals surface area contributed by atoms with E-state index in [9.17, 15) is 5.26 Å². The molecule has 0 radical (unpaired) electrons. The summed E-state index contributed by atoms with van der Waals surface area (Å²) in [6.07, 6.45) is 3.34. The first kappa shape index (κ1) is 17.6. The highest BCUT2D eigenvalue weighted by atomic mass is 32.1. The lowest BCUT2D eigenvalue weighted by Crippen LogP contribution is -2.36. The minimum absolute atomic E-state index is 0.576. The lowest BCUT2D eigenvalue weighted by molar-refractivity contribution is 0.0330. The van der Waals surface area contributed by atoms with Crippen molar-refractivity contribution >= 4 is 21.6 Å². The van der Waals surface area contributed by atoms with Gasteiger partial charge in [-0.3, -0.25) is 4.90 Å². The predicted molar refractivity (Wildman–Crippen MR) is 107 cm³/mol. The van der Waals surface area contributed by atoms with Gasteiger partial charge in [-0.05, 0) is 43.0 Å². The van der Waals surface area contributed by atoms with Crippen molar-refractivity contribution in [3.8, 4) is 17.7 Å². The summed E-state index contributed by atoms with van der Waals surface area (Å²) in [6, 6.07) is 9.38.